The molecule has 1 fully saturated rings. The maximum Gasteiger partial charge on any atom is 0.303 e. The van der Waals surface area contributed by atoms with Gasteiger partial charge in [0.25, 0.3) is 5.91 Å². The molecular formula is C28H31N5O4. The van der Waals surface area contributed by atoms with Gasteiger partial charge in [0, 0.05) is 18.7 Å². The summed E-state index contributed by atoms with van der Waals surface area (Å²) in [7, 11) is 0. The number of ether oxygens (including phenoxy) is 1. The third kappa shape index (κ3) is 5.66. The molecule has 0 atom stereocenters. The molecule has 9 heteroatoms. The lowest BCUT2D eigenvalue weighted by molar-refractivity contribution is -0.138. The van der Waals surface area contributed by atoms with Crippen LogP contribution in [-0.4, -0.2) is 40.1 Å². The highest BCUT2D eigenvalue weighted by Crippen LogP contribution is 2.38. The number of anilines is 3. The summed E-state index contributed by atoms with van der Waals surface area (Å²) in [6.07, 6.45) is 4.08. The number of fused-ring (bicyclic) bond motifs is 1. The fourth-order valence-corrected chi connectivity index (χ4v) is 5.21. The normalized spacial score (nSPS) is 19.5. The topological polar surface area (TPSA) is 131 Å². The number of amides is 1. The molecule has 5 rings (SSSR count). The van der Waals surface area contributed by atoms with Crippen molar-refractivity contribution in [3.8, 4) is 5.88 Å². The zero-order valence-corrected chi connectivity index (χ0v) is 20.6. The van der Waals surface area contributed by atoms with E-state index in [1.165, 1.54) is 5.56 Å². The first-order valence-electron chi connectivity index (χ1n) is 12.7. The number of carbonyl (C=O) groups is 2. The van der Waals surface area contributed by atoms with Gasteiger partial charge in [-0.25, -0.2) is 0 Å². The zero-order valence-electron chi connectivity index (χ0n) is 20.6. The van der Waals surface area contributed by atoms with Gasteiger partial charge in [0.15, 0.2) is 0 Å². The number of nitrogens with one attached hydrogen (secondary N) is 1. The Morgan fingerprint density at radius 3 is 2.49 bits per heavy atom. The van der Waals surface area contributed by atoms with Gasteiger partial charge < -0.3 is 25.8 Å². The number of nitrogens with zero attached hydrogens (tertiary/aromatic N) is 3. The minimum atomic E-state index is -0.716. The predicted molar refractivity (Wildman–Crippen MR) is 141 cm³/mol. The number of carbonyl (C=O) groups excluding carboxylic acids is 1. The fraction of sp³-hybridized carbons (Fsp3) is 0.357. The first-order valence-corrected chi connectivity index (χ1v) is 12.7. The van der Waals surface area contributed by atoms with Crippen LogP contribution in [0, 0.1) is 5.92 Å². The molecule has 1 aliphatic carbocycles. The average Bonchev–Trinajstić information content (AvgIpc) is 3.07. The Kier molecular flexibility index (Phi) is 7.20. The molecule has 1 aliphatic heterocycles. The number of aliphatic carboxylic acids is 1. The number of aromatic nitrogens is 2. The van der Waals surface area contributed by atoms with Gasteiger partial charge in [0.2, 0.25) is 11.8 Å². The number of benzene rings is 2. The minimum Gasteiger partial charge on any atom is -0.481 e. The molecule has 37 heavy (non-hydrogen) atoms. The number of carboxylic acids is 1. The molecule has 0 saturated heterocycles. The summed E-state index contributed by atoms with van der Waals surface area (Å²) < 4.78 is 5.83. The number of carboxylic acid groups (broad SMARTS) is 1. The van der Waals surface area contributed by atoms with Crippen molar-refractivity contribution in [2.24, 2.45) is 5.92 Å². The summed E-state index contributed by atoms with van der Waals surface area (Å²) in [5, 5.41) is 12.2. The SMILES string of the molecule is Nc1nc(NCc2ccccc2)nc2c1C(=O)N(c1ccc(C3CCC(CC(=O)O)CC3)cc1)CCO2. The van der Waals surface area contributed by atoms with Crippen molar-refractivity contribution in [1.29, 1.82) is 0 Å². The molecule has 0 unspecified atom stereocenters. The zero-order chi connectivity index (χ0) is 25.8. The lowest BCUT2D eigenvalue weighted by Crippen LogP contribution is -2.32. The van der Waals surface area contributed by atoms with Crippen LogP contribution in [0.4, 0.5) is 17.5 Å². The van der Waals surface area contributed by atoms with Crippen LogP contribution >= 0.6 is 0 Å². The average molecular weight is 502 g/mol. The molecule has 1 saturated carbocycles. The summed E-state index contributed by atoms with van der Waals surface area (Å²) in [5.41, 5.74) is 9.43. The monoisotopic (exact) mass is 501 g/mol. The molecular weight excluding hydrogens is 470 g/mol. The van der Waals surface area contributed by atoms with E-state index in [9.17, 15) is 9.59 Å². The molecule has 2 heterocycles. The van der Waals surface area contributed by atoms with Gasteiger partial charge in [-0.05, 0) is 60.8 Å². The lowest BCUT2D eigenvalue weighted by Gasteiger charge is -2.28. The van der Waals surface area contributed by atoms with E-state index in [-0.39, 0.29) is 42.1 Å². The van der Waals surface area contributed by atoms with E-state index in [1.54, 1.807) is 4.90 Å². The number of nitrogen functional groups attached to an aromatic ring is 1. The quantitative estimate of drug-likeness (QED) is 0.433. The molecule has 3 aromatic rings. The molecule has 0 radical (unpaired) electrons. The van der Waals surface area contributed by atoms with Crippen molar-refractivity contribution < 1.29 is 19.4 Å². The van der Waals surface area contributed by atoms with Gasteiger partial charge in [0.05, 0.1) is 6.54 Å². The van der Waals surface area contributed by atoms with E-state index in [0.717, 1.165) is 36.9 Å². The van der Waals surface area contributed by atoms with Crippen molar-refractivity contribution in [1.82, 2.24) is 9.97 Å². The second-order valence-electron chi connectivity index (χ2n) is 9.66. The smallest absolute Gasteiger partial charge is 0.303 e. The summed E-state index contributed by atoms with van der Waals surface area (Å²) >= 11 is 0. The minimum absolute atomic E-state index is 0.0761. The van der Waals surface area contributed by atoms with Crippen LogP contribution in [-0.2, 0) is 11.3 Å². The van der Waals surface area contributed by atoms with Crippen molar-refractivity contribution in [3.63, 3.8) is 0 Å². The second kappa shape index (κ2) is 10.9. The summed E-state index contributed by atoms with van der Waals surface area (Å²) in [6, 6.07) is 17.9. The Morgan fingerprint density at radius 1 is 1.05 bits per heavy atom. The van der Waals surface area contributed by atoms with Crippen molar-refractivity contribution >= 4 is 29.3 Å². The van der Waals surface area contributed by atoms with E-state index in [2.05, 4.69) is 27.4 Å². The van der Waals surface area contributed by atoms with Gasteiger partial charge in [0.1, 0.15) is 18.0 Å². The Balaban J connectivity index is 1.28. The number of rotatable bonds is 7. The van der Waals surface area contributed by atoms with Crippen LogP contribution in [0.5, 0.6) is 5.88 Å². The Labute approximate surface area is 215 Å². The molecule has 192 valence electrons. The molecule has 9 nitrogen and oxygen atoms in total. The van der Waals surface area contributed by atoms with Crippen LogP contribution in [0.3, 0.4) is 0 Å². The van der Waals surface area contributed by atoms with Crippen LogP contribution in [0.2, 0.25) is 0 Å². The van der Waals surface area contributed by atoms with E-state index in [1.807, 2.05) is 42.5 Å². The van der Waals surface area contributed by atoms with E-state index < -0.39 is 5.97 Å². The number of hydrogen-bond donors (Lipinski definition) is 3. The van der Waals surface area contributed by atoms with Crippen LogP contribution < -0.4 is 20.7 Å². The van der Waals surface area contributed by atoms with Crippen LogP contribution in [0.15, 0.2) is 54.6 Å². The van der Waals surface area contributed by atoms with Crippen LogP contribution in [0.1, 0.15) is 59.5 Å². The molecule has 1 aromatic heterocycles. The third-order valence-corrected chi connectivity index (χ3v) is 7.20. The highest BCUT2D eigenvalue weighted by molar-refractivity contribution is 6.10. The maximum atomic E-state index is 13.5. The van der Waals surface area contributed by atoms with E-state index in [0.29, 0.717) is 25.0 Å². The molecule has 0 spiro atoms. The van der Waals surface area contributed by atoms with Gasteiger partial charge >= 0.3 is 5.97 Å². The van der Waals surface area contributed by atoms with Gasteiger partial charge in [-0.15, -0.1) is 0 Å². The lowest BCUT2D eigenvalue weighted by atomic mass is 9.77. The second-order valence-corrected chi connectivity index (χ2v) is 9.66. The van der Waals surface area contributed by atoms with Gasteiger partial charge in [-0.1, -0.05) is 42.5 Å². The van der Waals surface area contributed by atoms with Gasteiger partial charge in [-0.2, -0.15) is 9.97 Å². The molecule has 2 aliphatic rings. The third-order valence-electron chi connectivity index (χ3n) is 7.20. The maximum absolute atomic E-state index is 13.5. The number of nitrogens with two attached hydrogens (primary N) is 1. The van der Waals surface area contributed by atoms with E-state index in [4.69, 9.17) is 15.6 Å². The van der Waals surface area contributed by atoms with Gasteiger partial charge in [-0.3, -0.25) is 9.59 Å². The fourth-order valence-electron chi connectivity index (χ4n) is 5.21. The van der Waals surface area contributed by atoms with Crippen molar-refractivity contribution in [2.45, 2.75) is 44.6 Å². The standard InChI is InChI=1S/C28H31N5O4/c29-25-24-26(32-28(31-25)30-17-19-4-2-1-3-5-19)37-15-14-33(27(24)36)22-12-10-21(11-13-22)20-8-6-18(7-9-20)16-23(34)35/h1-5,10-13,18,20H,6-9,14-17H2,(H,34,35)(H3,29,30,31,32). The van der Waals surface area contributed by atoms with E-state index >= 15 is 0 Å². The van der Waals surface area contributed by atoms with Crippen LogP contribution in [0.25, 0.3) is 0 Å². The largest absolute Gasteiger partial charge is 0.481 e. The molecule has 2 aromatic carbocycles. The molecule has 0 bridgehead atoms. The van der Waals surface area contributed by atoms with Crippen molar-refractivity contribution in [2.75, 3.05) is 29.1 Å². The van der Waals surface area contributed by atoms with Crippen molar-refractivity contribution in [3.05, 3.63) is 71.3 Å². The highest BCUT2D eigenvalue weighted by atomic mass is 16.5. The Hall–Kier alpha value is -4.14. The summed E-state index contributed by atoms with van der Waals surface area (Å²) in [5.74, 6) is 0.243. The molecule has 1 amide bonds. The predicted octanol–water partition coefficient (Wildman–Crippen LogP) is 4.46. The Morgan fingerprint density at radius 2 is 1.78 bits per heavy atom. The highest BCUT2D eigenvalue weighted by Gasteiger charge is 2.30. The summed E-state index contributed by atoms with van der Waals surface area (Å²) in [6.45, 7) is 1.16. The first kappa shape index (κ1) is 24.5. The molecule has 4 N–H and O–H groups in total. The number of hydrogen-bond acceptors (Lipinski definition) is 7. The first-order chi connectivity index (χ1) is 18.0. The Bertz CT molecular complexity index is 1260. The summed E-state index contributed by atoms with van der Waals surface area (Å²) in [4.78, 5) is 34.9.